The number of carbonyl (C=O) groups is 1. The van der Waals surface area contributed by atoms with Crippen molar-refractivity contribution < 1.29 is 13.7 Å². The topological polar surface area (TPSA) is 55.4 Å². The zero-order chi connectivity index (χ0) is 11.5. The number of hydrogen-bond acceptors (Lipinski definition) is 4. The third kappa shape index (κ3) is 1.86. The second-order valence-corrected chi connectivity index (χ2v) is 4.56. The van der Waals surface area contributed by atoms with Gasteiger partial charge in [-0.05, 0) is 19.1 Å². The Balaban J connectivity index is 2.32. The van der Waals surface area contributed by atoms with Gasteiger partial charge in [-0.3, -0.25) is 0 Å². The fourth-order valence-electron chi connectivity index (χ4n) is 1.40. The predicted octanol–water partition coefficient (Wildman–Crippen LogP) is 1.62. The molecule has 1 N–H and O–H groups in total. The third-order valence-corrected chi connectivity index (χ3v) is 3.56. The summed E-state index contributed by atoms with van der Waals surface area (Å²) >= 11 is 0. The fraction of sp³-hybridized carbons (Fsp3) is 0.182. The number of para-hydroxylation sites is 1. The number of fused-ring (bicyclic) bond motifs is 1. The van der Waals surface area contributed by atoms with Crippen LogP contribution in [0.2, 0.25) is 0 Å². The molecule has 84 valence electrons. The largest absolute Gasteiger partial charge is 0.462 e. The van der Waals surface area contributed by atoms with Crippen LogP contribution in [0.15, 0.2) is 40.3 Å². The summed E-state index contributed by atoms with van der Waals surface area (Å²) in [5, 5.41) is 2.93. The van der Waals surface area contributed by atoms with Crippen LogP contribution in [0.4, 0.5) is 5.69 Å². The van der Waals surface area contributed by atoms with Crippen molar-refractivity contribution in [3.05, 3.63) is 35.4 Å². The van der Waals surface area contributed by atoms with Crippen LogP contribution >= 0.6 is 0 Å². The Morgan fingerprint density at radius 1 is 1.44 bits per heavy atom. The molecule has 0 bridgehead atoms. The van der Waals surface area contributed by atoms with Gasteiger partial charge in [0, 0.05) is 6.20 Å². The molecule has 1 atom stereocenters. The number of hydrogen-bond donors (Lipinski definition) is 1. The van der Waals surface area contributed by atoms with Crippen LogP contribution in [-0.4, -0.2) is 16.8 Å². The van der Waals surface area contributed by atoms with Crippen LogP contribution in [0.1, 0.15) is 6.92 Å². The van der Waals surface area contributed by atoms with Gasteiger partial charge < -0.3 is 10.1 Å². The van der Waals surface area contributed by atoms with Crippen LogP contribution in [-0.2, 0) is 20.3 Å². The zero-order valence-electron chi connectivity index (χ0n) is 8.73. The Morgan fingerprint density at radius 2 is 2.19 bits per heavy atom. The summed E-state index contributed by atoms with van der Waals surface area (Å²) in [4.78, 5) is 12.3. The molecule has 1 aromatic rings. The van der Waals surface area contributed by atoms with Gasteiger partial charge in [0.1, 0.15) is 4.91 Å². The Morgan fingerprint density at radius 3 is 2.94 bits per heavy atom. The number of anilines is 1. The standard InChI is InChI=1S/C11H11NO3S/c1-2-15-11(13)10-7-12-8-5-3-4-6-9(8)16(10)14/h3-7,12H,2H2,1H3. The lowest BCUT2D eigenvalue weighted by atomic mass is 10.3. The van der Waals surface area contributed by atoms with Crippen molar-refractivity contribution in [2.75, 3.05) is 11.9 Å². The molecular weight excluding hydrogens is 226 g/mol. The van der Waals surface area contributed by atoms with E-state index in [1.165, 1.54) is 6.20 Å². The van der Waals surface area contributed by atoms with Crippen molar-refractivity contribution in [3.63, 3.8) is 0 Å². The first-order valence-corrected chi connectivity index (χ1v) is 6.03. The molecule has 1 aliphatic rings. The van der Waals surface area contributed by atoms with Gasteiger partial charge in [-0.25, -0.2) is 9.00 Å². The van der Waals surface area contributed by atoms with E-state index in [-0.39, 0.29) is 11.5 Å². The molecule has 0 amide bonds. The smallest absolute Gasteiger partial charge is 0.349 e. The first-order chi connectivity index (χ1) is 7.74. The van der Waals surface area contributed by atoms with Gasteiger partial charge >= 0.3 is 5.97 Å². The van der Waals surface area contributed by atoms with Gasteiger partial charge in [-0.1, -0.05) is 12.1 Å². The van der Waals surface area contributed by atoms with Gasteiger partial charge in [0.25, 0.3) is 0 Å². The van der Waals surface area contributed by atoms with Gasteiger partial charge in [-0.15, -0.1) is 0 Å². The van der Waals surface area contributed by atoms with E-state index in [2.05, 4.69) is 5.32 Å². The van der Waals surface area contributed by atoms with Crippen LogP contribution in [0.5, 0.6) is 0 Å². The second kappa shape index (κ2) is 4.49. The number of ether oxygens (including phenoxy) is 1. The van der Waals surface area contributed by atoms with Crippen molar-refractivity contribution in [3.8, 4) is 0 Å². The molecule has 0 saturated carbocycles. The van der Waals surface area contributed by atoms with E-state index in [9.17, 15) is 9.00 Å². The number of esters is 1. The summed E-state index contributed by atoms with van der Waals surface area (Å²) in [5.41, 5.74) is 0.758. The summed E-state index contributed by atoms with van der Waals surface area (Å²) in [6, 6.07) is 7.16. The summed E-state index contributed by atoms with van der Waals surface area (Å²) in [6.45, 7) is 1.99. The number of nitrogens with one attached hydrogen (secondary N) is 1. The quantitative estimate of drug-likeness (QED) is 0.794. The Labute approximate surface area is 95.8 Å². The first kappa shape index (κ1) is 10.9. The summed E-state index contributed by atoms with van der Waals surface area (Å²) in [5.74, 6) is -0.539. The highest BCUT2D eigenvalue weighted by molar-refractivity contribution is 7.90. The van der Waals surface area contributed by atoms with E-state index >= 15 is 0 Å². The summed E-state index contributed by atoms with van der Waals surface area (Å²) in [6.07, 6.45) is 1.44. The fourth-order valence-corrected chi connectivity index (χ4v) is 2.54. The van der Waals surface area contributed by atoms with Crippen molar-refractivity contribution in [1.82, 2.24) is 0 Å². The molecule has 2 rings (SSSR count). The van der Waals surface area contributed by atoms with E-state index in [1.54, 1.807) is 19.1 Å². The van der Waals surface area contributed by atoms with Crippen molar-refractivity contribution in [2.45, 2.75) is 11.8 Å². The third-order valence-electron chi connectivity index (χ3n) is 2.12. The summed E-state index contributed by atoms with van der Waals surface area (Å²) < 4.78 is 16.9. The zero-order valence-corrected chi connectivity index (χ0v) is 9.54. The predicted molar refractivity (Wildman–Crippen MR) is 61.2 cm³/mol. The van der Waals surface area contributed by atoms with Gasteiger partial charge in [0.2, 0.25) is 0 Å². The minimum absolute atomic E-state index is 0.153. The Bertz CT molecular complexity index is 482. The average Bonchev–Trinajstić information content (AvgIpc) is 2.30. The molecule has 1 aliphatic heterocycles. The highest BCUT2D eigenvalue weighted by atomic mass is 32.2. The highest BCUT2D eigenvalue weighted by Crippen LogP contribution is 2.28. The lowest BCUT2D eigenvalue weighted by Gasteiger charge is -2.16. The first-order valence-electron chi connectivity index (χ1n) is 4.88. The number of rotatable bonds is 2. The maximum Gasteiger partial charge on any atom is 0.349 e. The van der Waals surface area contributed by atoms with Crippen LogP contribution < -0.4 is 5.32 Å². The molecule has 1 heterocycles. The molecule has 0 aromatic heterocycles. The maximum atomic E-state index is 12.0. The number of benzene rings is 1. The highest BCUT2D eigenvalue weighted by Gasteiger charge is 2.24. The van der Waals surface area contributed by atoms with E-state index in [0.29, 0.717) is 4.90 Å². The van der Waals surface area contributed by atoms with Crippen molar-refractivity contribution in [1.29, 1.82) is 0 Å². The average molecular weight is 237 g/mol. The van der Waals surface area contributed by atoms with Gasteiger partial charge in [-0.2, -0.15) is 0 Å². The molecule has 5 heteroatoms. The SMILES string of the molecule is CCOC(=O)C1=CNc2ccccc2S1=O. The maximum absolute atomic E-state index is 12.0. The molecule has 16 heavy (non-hydrogen) atoms. The Kier molecular flexibility index (Phi) is 3.05. The molecule has 4 nitrogen and oxygen atoms in total. The van der Waals surface area contributed by atoms with E-state index in [0.717, 1.165) is 5.69 Å². The van der Waals surface area contributed by atoms with Crippen molar-refractivity contribution in [2.24, 2.45) is 0 Å². The van der Waals surface area contributed by atoms with Crippen LogP contribution in [0.3, 0.4) is 0 Å². The minimum Gasteiger partial charge on any atom is -0.462 e. The molecule has 0 spiro atoms. The lowest BCUT2D eigenvalue weighted by molar-refractivity contribution is -0.137. The van der Waals surface area contributed by atoms with Crippen LogP contribution in [0, 0.1) is 0 Å². The molecule has 0 aliphatic carbocycles. The second-order valence-electron chi connectivity index (χ2n) is 3.14. The molecule has 1 aromatic carbocycles. The molecular formula is C11H11NO3S. The summed E-state index contributed by atoms with van der Waals surface area (Å²) in [7, 11) is -1.46. The normalized spacial score (nSPS) is 18.1. The molecule has 0 radical (unpaired) electrons. The monoisotopic (exact) mass is 237 g/mol. The van der Waals surface area contributed by atoms with Gasteiger partial charge in [0.15, 0.2) is 0 Å². The molecule has 0 saturated heterocycles. The van der Waals surface area contributed by atoms with E-state index in [4.69, 9.17) is 4.74 Å². The Hall–Kier alpha value is -1.62. The van der Waals surface area contributed by atoms with E-state index in [1.807, 2.05) is 12.1 Å². The molecule has 1 unspecified atom stereocenters. The number of carbonyl (C=O) groups excluding carboxylic acids is 1. The van der Waals surface area contributed by atoms with Crippen LogP contribution in [0.25, 0.3) is 0 Å². The van der Waals surface area contributed by atoms with Gasteiger partial charge in [0.05, 0.1) is 28.0 Å². The molecule has 0 fully saturated rings. The minimum atomic E-state index is -1.46. The lowest BCUT2D eigenvalue weighted by Crippen LogP contribution is -2.17. The van der Waals surface area contributed by atoms with Crippen molar-refractivity contribution >= 4 is 22.5 Å². The van der Waals surface area contributed by atoms with E-state index < -0.39 is 16.8 Å².